The predicted molar refractivity (Wildman–Crippen MR) is 83.5 cm³/mol. The van der Waals surface area contributed by atoms with Crippen molar-refractivity contribution in [2.45, 2.75) is 18.9 Å². The Morgan fingerprint density at radius 3 is 2.81 bits per heavy atom. The number of nitrogens with zero attached hydrogens (tertiary/aromatic N) is 3. The van der Waals surface area contributed by atoms with Crippen molar-refractivity contribution in [1.82, 2.24) is 9.88 Å². The van der Waals surface area contributed by atoms with Crippen LogP contribution >= 0.6 is 22.7 Å². The highest BCUT2D eigenvalue weighted by Gasteiger charge is 2.35. The third kappa shape index (κ3) is 2.49. The number of rotatable bonds is 3. The number of aromatic nitrogens is 1. The number of carbonyl (C=O) groups is 2. The van der Waals surface area contributed by atoms with Crippen LogP contribution in [0.25, 0.3) is 9.53 Å². The number of carboxylic acids is 1. The molecule has 8 heteroatoms. The number of aliphatic carboxylic acids is 1. The largest absolute Gasteiger partial charge is 0.480 e. The van der Waals surface area contributed by atoms with E-state index in [1.54, 1.807) is 0 Å². The number of anilines is 1. The molecule has 1 fully saturated rings. The molecule has 112 valence electrons. The molecule has 1 saturated heterocycles. The van der Waals surface area contributed by atoms with Gasteiger partial charge in [0, 0.05) is 20.6 Å². The van der Waals surface area contributed by atoms with Gasteiger partial charge in [0.25, 0.3) is 5.91 Å². The second kappa shape index (κ2) is 5.27. The highest BCUT2D eigenvalue weighted by molar-refractivity contribution is 7.29. The number of hydrogen-bond acceptors (Lipinski definition) is 6. The summed E-state index contributed by atoms with van der Waals surface area (Å²) in [5.74, 6) is -1.12. The zero-order valence-corrected chi connectivity index (χ0v) is 13.3. The molecule has 0 spiro atoms. The topological polar surface area (TPSA) is 73.7 Å². The highest BCUT2D eigenvalue weighted by Crippen LogP contribution is 2.35. The Morgan fingerprint density at radius 1 is 1.43 bits per heavy atom. The van der Waals surface area contributed by atoms with E-state index in [0.717, 1.165) is 21.1 Å². The van der Waals surface area contributed by atoms with Crippen LogP contribution in [0.15, 0.2) is 6.07 Å². The smallest absolute Gasteiger partial charge is 0.326 e. The minimum absolute atomic E-state index is 0.193. The van der Waals surface area contributed by atoms with Gasteiger partial charge < -0.3 is 14.9 Å². The average molecular weight is 325 g/mol. The number of amides is 1. The van der Waals surface area contributed by atoms with Gasteiger partial charge in [-0.15, -0.1) is 11.3 Å². The molecule has 0 aromatic carbocycles. The lowest BCUT2D eigenvalue weighted by molar-refractivity contribution is -0.141. The van der Waals surface area contributed by atoms with E-state index in [0.29, 0.717) is 17.8 Å². The summed E-state index contributed by atoms with van der Waals surface area (Å²) in [6.45, 7) is 0.512. The van der Waals surface area contributed by atoms with E-state index >= 15 is 0 Å². The Balaban J connectivity index is 1.88. The van der Waals surface area contributed by atoms with Crippen molar-refractivity contribution in [3.05, 3.63) is 10.9 Å². The summed E-state index contributed by atoms with van der Waals surface area (Å²) < 4.78 is 0.970. The van der Waals surface area contributed by atoms with E-state index < -0.39 is 12.0 Å². The molecule has 1 aliphatic heterocycles. The number of thiophene rings is 1. The van der Waals surface area contributed by atoms with E-state index in [4.69, 9.17) is 0 Å². The van der Waals surface area contributed by atoms with Crippen molar-refractivity contribution in [1.29, 1.82) is 0 Å². The van der Waals surface area contributed by atoms with Gasteiger partial charge in [-0.3, -0.25) is 4.79 Å². The number of fused-ring (bicyclic) bond motifs is 1. The van der Waals surface area contributed by atoms with Crippen LogP contribution in [-0.4, -0.2) is 53.5 Å². The Bertz CT molecular complexity index is 675. The Kier molecular flexibility index (Phi) is 3.58. The third-order valence-electron chi connectivity index (χ3n) is 3.47. The van der Waals surface area contributed by atoms with Crippen LogP contribution in [0.4, 0.5) is 5.13 Å². The first-order valence-electron chi connectivity index (χ1n) is 6.59. The lowest BCUT2D eigenvalue weighted by Gasteiger charge is -2.20. The molecule has 2 aromatic rings. The average Bonchev–Trinajstić information content (AvgIpc) is 3.10. The second-order valence-corrected chi connectivity index (χ2v) is 7.21. The molecular formula is C13H15N3O3S2. The molecule has 3 rings (SSSR count). The molecule has 1 amide bonds. The summed E-state index contributed by atoms with van der Waals surface area (Å²) in [5.41, 5.74) is 0. The van der Waals surface area contributed by atoms with Crippen LogP contribution in [0.3, 0.4) is 0 Å². The third-order valence-corrected chi connectivity index (χ3v) is 5.79. The number of carboxylic acid groups (broad SMARTS) is 1. The molecule has 1 N–H and O–H groups in total. The molecule has 6 nitrogen and oxygen atoms in total. The van der Waals surface area contributed by atoms with Crippen molar-refractivity contribution in [2.24, 2.45) is 0 Å². The number of hydrogen-bond donors (Lipinski definition) is 1. The van der Waals surface area contributed by atoms with Gasteiger partial charge in [-0.05, 0) is 18.9 Å². The molecule has 3 heterocycles. The molecule has 1 aliphatic rings. The molecule has 21 heavy (non-hydrogen) atoms. The first kappa shape index (κ1) is 14.3. The summed E-state index contributed by atoms with van der Waals surface area (Å²) in [5, 5.41) is 10.1. The number of likely N-dealkylation sites (tertiary alicyclic amines) is 1. The van der Waals surface area contributed by atoms with E-state index in [1.165, 1.54) is 27.6 Å². The Labute approximate surface area is 129 Å². The van der Waals surface area contributed by atoms with E-state index in [-0.39, 0.29) is 5.91 Å². The Morgan fingerprint density at radius 2 is 2.19 bits per heavy atom. The van der Waals surface area contributed by atoms with Crippen LogP contribution in [0.2, 0.25) is 0 Å². The van der Waals surface area contributed by atoms with Crippen molar-refractivity contribution in [3.63, 3.8) is 0 Å². The molecule has 0 aliphatic carbocycles. The number of carbonyl (C=O) groups excluding carboxylic acids is 1. The van der Waals surface area contributed by atoms with Gasteiger partial charge in [0.2, 0.25) is 0 Å². The quantitative estimate of drug-likeness (QED) is 0.935. The summed E-state index contributed by atoms with van der Waals surface area (Å²) in [7, 11) is 3.85. The van der Waals surface area contributed by atoms with Gasteiger partial charge in [-0.25, -0.2) is 9.78 Å². The minimum atomic E-state index is -0.924. The van der Waals surface area contributed by atoms with Crippen LogP contribution in [0, 0.1) is 0 Å². The summed E-state index contributed by atoms with van der Waals surface area (Å²) in [4.78, 5) is 32.9. The summed E-state index contributed by atoms with van der Waals surface area (Å²) in [6.07, 6.45) is 1.27. The Hall–Kier alpha value is -1.67. The fraction of sp³-hybridized carbons (Fsp3) is 0.462. The van der Waals surface area contributed by atoms with E-state index in [9.17, 15) is 14.7 Å². The first-order chi connectivity index (χ1) is 9.97. The zero-order valence-electron chi connectivity index (χ0n) is 11.7. The fourth-order valence-corrected chi connectivity index (χ4v) is 4.52. The lowest BCUT2D eigenvalue weighted by Crippen LogP contribution is -2.40. The van der Waals surface area contributed by atoms with Crippen LogP contribution in [-0.2, 0) is 4.79 Å². The van der Waals surface area contributed by atoms with Crippen molar-refractivity contribution in [3.8, 4) is 0 Å². The van der Waals surface area contributed by atoms with Gasteiger partial charge in [-0.1, -0.05) is 11.3 Å². The minimum Gasteiger partial charge on any atom is -0.480 e. The normalized spacial score (nSPS) is 18.4. The van der Waals surface area contributed by atoms with Gasteiger partial charge in [0.05, 0.1) is 9.58 Å². The van der Waals surface area contributed by atoms with Gasteiger partial charge >= 0.3 is 5.97 Å². The van der Waals surface area contributed by atoms with Crippen molar-refractivity contribution < 1.29 is 14.7 Å². The van der Waals surface area contributed by atoms with Crippen molar-refractivity contribution in [2.75, 3.05) is 25.5 Å². The molecule has 0 saturated carbocycles. The molecule has 0 bridgehead atoms. The molecule has 2 aromatic heterocycles. The summed E-state index contributed by atoms with van der Waals surface area (Å²) in [6, 6.07) is 1.13. The lowest BCUT2D eigenvalue weighted by atomic mass is 10.2. The monoisotopic (exact) mass is 325 g/mol. The van der Waals surface area contributed by atoms with Crippen molar-refractivity contribution >= 4 is 49.2 Å². The fourth-order valence-electron chi connectivity index (χ4n) is 2.43. The molecule has 0 radical (unpaired) electrons. The molecule has 1 atom stereocenters. The standard InChI is InChI=1S/C13H15N3O3S2/c1-15(2)13-14-10-8(21-13)6-9(20-10)11(17)16-5-3-4-7(16)12(18)19/h6-7H,3-5H2,1-2H3,(H,18,19)/t7-/m0/s1. The summed E-state index contributed by atoms with van der Waals surface area (Å²) >= 11 is 2.86. The van der Waals surface area contributed by atoms with E-state index in [1.807, 2.05) is 25.1 Å². The molecular weight excluding hydrogens is 310 g/mol. The zero-order chi connectivity index (χ0) is 15.1. The van der Waals surface area contributed by atoms with Gasteiger partial charge in [0.1, 0.15) is 10.9 Å². The molecule has 0 unspecified atom stereocenters. The van der Waals surface area contributed by atoms with Crippen LogP contribution < -0.4 is 4.90 Å². The van der Waals surface area contributed by atoms with Crippen LogP contribution in [0.5, 0.6) is 0 Å². The maximum absolute atomic E-state index is 12.5. The SMILES string of the molecule is CN(C)c1nc2sc(C(=O)N3CCC[C@H]3C(=O)O)cc2s1. The number of thiazole rings is 1. The van der Waals surface area contributed by atoms with Crippen LogP contribution in [0.1, 0.15) is 22.5 Å². The van der Waals surface area contributed by atoms with E-state index in [2.05, 4.69) is 4.98 Å². The highest BCUT2D eigenvalue weighted by atomic mass is 32.1. The first-order valence-corrected chi connectivity index (χ1v) is 8.22. The second-order valence-electron chi connectivity index (χ2n) is 5.17. The maximum Gasteiger partial charge on any atom is 0.326 e. The predicted octanol–water partition coefficient (Wildman–Crippen LogP) is 2.11. The van der Waals surface area contributed by atoms with Gasteiger partial charge in [0.15, 0.2) is 5.13 Å². The maximum atomic E-state index is 12.5. The van der Waals surface area contributed by atoms with Gasteiger partial charge in [-0.2, -0.15) is 0 Å².